The molecule has 0 amide bonds. The zero-order valence-electron chi connectivity index (χ0n) is 11.2. The lowest BCUT2D eigenvalue weighted by Crippen LogP contribution is -2.24. The Morgan fingerprint density at radius 3 is 2.95 bits per heavy atom. The molecule has 0 aliphatic rings. The van der Waals surface area contributed by atoms with Crippen molar-refractivity contribution >= 4 is 22.9 Å². The van der Waals surface area contributed by atoms with Crippen molar-refractivity contribution in [3.63, 3.8) is 0 Å². The number of nitrogens with one attached hydrogen (secondary N) is 1. The Morgan fingerprint density at radius 1 is 1.47 bits per heavy atom. The first-order chi connectivity index (χ1) is 9.20. The van der Waals surface area contributed by atoms with Crippen molar-refractivity contribution < 1.29 is 0 Å². The van der Waals surface area contributed by atoms with Crippen molar-refractivity contribution in [2.75, 3.05) is 6.54 Å². The van der Waals surface area contributed by atoms with Gasteiger partial charge in [0.15, 0.2) is 0 Å². The number of rotatable bonds is 6. The van der Waals surface area contributed by atoms with E-state index in [9.17, 15) is 0 Å². The van der Waals surface area contributed by atoms with Crippen molar-refractivity contribution in [1.29, 1.82) is 0 Å². The van der Waals surface area contributed by atoms with Gasteiger partial charge in [-0.15, -0.1) is 11.3 Å². The van der Waals surface area contributed by atoms with E-state index in [1.54, 1.807) is 23.7 Å². The van der Waals surface area contributed by atoms with Gasteiger partial charge in [0.25, 0.3) is 0 Å². The van der Waals surface area contributed by atoms with Crippen LogP contribution in [-0.2, 0) is 6.42 Å². The van der Waals surface area contributed by atoms with Gasteiger partial charge >= 0.3 is 0 Å². The summed E-state index contributed by atoms with van der Waals surface area (Å²) >= 11 is 7.95. The van der Waals surface area contributed by atoms with Crippen LogP contribution in [0.25, 0.3) is 0 Å². The number of hydrogen-bond donors (Lipinski definition) is 1. The lowest BCUT2D eigenvalue weighted by Gasteiger charge is -2.18. The second-order valence-corrected chi connectivity index (χ2v) is 5.84. The summed E-state index contributed by atoms with van der Waals surface area (Å²) in [7, 11) is 0. The Balaban J connectivity index is 2.18. The number of pyridine rings is 1. The van der Waals surface area contributed by atoms with Gasteiger partial charge in [-0.1, -0.05) is 18.5 Å². The Bertz CT molecular complexity index is 527. The summed E-state index contributed by atoms with van der Waals surface area (Å²) in [6, 6.07) is 2.18. The molecule has 0 saturated heterocycles. The van der Waals surface area contributed by atoms with Gasteiger partial charge in [-0.3, -0.25) is 4.98 Å². The number of aryl methyl sites for hydroxylation is 1. The molecule has 0 spiro atoms. The fourth-order valence-corrected chi connectivity index (χ4v) is 3.02. The van der Waals surface area contributed by atoms with E-state index >= 15 is 0 Å². The fraction of sp³-hybridized carbons (Fsp3) is 0.429. The molecule has 0 aliphatic heterocycles. The van der Waals surface area contributed by atoms with Gasteiger partial charge in [0.05, 0.1) is 10.0 Å². The third kappa shape index (κ3) is 4.00. The van der Waals surface area contributed by atoms with Crippen molar-refractivity contribution in [2.45, 2.75) is 32.7 Å². The van der Waals surface area contributed by atoms with Crippen LogP contribution < -0.4 is 5.32 Å². The van der Waals surface area contributed by atoms with E-state index in [1.165, 1.54) is 0 Å². The van der Waals surface area contributed by atoms with E-state index in [0.29, 0.717) is 5.02 Å². The standard InChI is InChI=1S/C14H18ClN3S/c1-3-5-17-13(7-14-18-10(2)9-19-14)11-4-6-16-8-12(11)15/h4,6,8-9,13,17H,3,5,7H2,1-2H3. The molecule has 2 heterocycles. The summed E-state index contributed by atoms with van der Waals surface area (Å²) in [5.74, 6) is 0. The monoisotopic (exact) mass is 295 g/mol. The maximum absolute atomic E-state index is 6.25. The summed E-state index contributed by atoms with van der Waals surface area (Å²) in [5, 5.41) is 7.47. The summed E-state index contributed by atoms with van der Waals surface area (Å²) in [6.45, 7) is 5.15. The molecule has 2 aromatic heterocycles. The van der Waals surface area contributed by atoms with Crippen LogP contribution >= 0.6 is 22.9 Å². The van der Waals surface area contributed by atoms with Crippen LogP contribution in [0, 0.1) is 6.92 Å². The van der Waals surface area contributed by atoms with Crippen LogP contribution in [0.1, 0.15) is 35.7 Å². The number of aromatic nitrogens is 2. The number of thiazole rings is 1. The molecule has 0 radical (unpaired) electrons. The van der Waals surface area contributed by atoms with Crippen LogP contribution in [0.5, 0.6) is 0 Å². The maximum Gasteiger partial charge on any atom is 0.0947 e. The smallest absolute Gasteiger partial charge is 0.0947 e. The molecule has 1 atom stereocenters. The summed E-state index contributed by atoms with van der Waals surface area (Å²) in [4.78, 5) is 8.58. The van der Waals surface area contributed by atoms with E-state index in [1.807, 2.05) is 13.0 Å². The van der Waals surface area contributed by atoms with Crippen molar-refractivity contribution in [3.8, 4) is 0 Å². The molecule has 3 nitrogen and oxygen atoms in total. The normalized spacial score (nSPS) is 12.6. The van der Waals surface area contributed by atoms with Gasteiger partial charge in [0, 0.05) is 35.9 Å². The van der Waals surface area contributed by atoms with Crippen LogP contribution in [0.4, 0.5) is 0 Å². The molecular weight excluding hydrogens is 278 g/mol. The molecule has 19 heavy (non-hydrogen) atoms. The molecule has 0 bridgehead atoms. The first-order valence-electron chi connectivity index (χ1n) is 6.44. The zero-order chi connectivity index (χ0) is 13.7. The zero-order valence-corrected chi connectivity index (χ0v) is 12.8. The first-order valence-corrected chi connectivity index (χ1v) is 7.70. The SMILES string of the molecule is CCCNC(Cc1nc(C)cs1)c1ccncc1Cl. The Labute approximate surface area is 123 Å². The molecule has 0 saturated carbocycles. The van der Waals surface area contributed by atoms with Crippen LogP contribution in [0.3, 0.4) is 0 Å². The highest BCUT2D eigenvalue weighted by molar-refractivity contribution is 7.09. The van der Waals surface area contributed by atoms with Crippen LogP contribution in [-0.4, -0.2) is 16.5 Å². The molecule has 0 aromatic carbocycles. The van der Waals surface area contributed by atoms with Gasteiger partial charge in [-0.2, -0.15) is 0 Å². The predicted molar refractivity (Wildman–Crippen MR) is 80.8 cm³/mol. The summed E-state index contributed by atoms with van der Waals surface area (Å²) in [5.41, 5.74) is 2.17. The van der Waals surface area contributed by atoms with E-state index in [0.717, 1.165) is 35.7 Å². The minimum absolute atomic E-state index is 0.195. The van der Waals surface area contributed by atoms with E-state index in [-0.39, 0.29) is 6.04 Å². The summed E-state index contributed by atoms with van der Waals surface area (Å²) < 4.78 is 0. The van der Waals surface area contributed by atoms with Crippen LogP contribution in [0.15, 0.2) is 23.8 Å². The Hall–Kier alpha value is -0.970. The van der Waals surface area contributed by atoms with Gasteiger partial charge in [0.2, 0.25) is 0 Å². The van der Waals surface area contributed by atoms with E-state index in [2.05, 4.69) is 27.6 Å². The average Bonchev–Trinajstić information content (AvgIpc) is 2.81. The minimum atomic E-state index is 0.195. The Morgan fingerprint density at radius 2 is 2.32 bits per heavy atom. The molecule has 0 fully saturated rings. The second kappa shape index (κ2) is 6.98. The van der Waals surface area contributed by atoms with Gasteiger partial charge in [-0.05, 0) is 31.5 Å². The molecule has 2 aromatic rings. The molecule has 102 valence electrons. The summed E-state index contributed by atoms with van der Waals surface area (Å²) in [6.07, 6.45) is 5.44. The van der Waals surface area contributed by atoms with E-state index < -0.39 is 0 Å². The van der Waals surface area contributed by atoms with Crippen molar-refractivity contribution in [3.05, 3.63) is 45.1 Å². The average molecular weight is 296 g/mol. The van der Waals surface area contributed by atoms with Crippen molar-refractivity contribution in [1.82, 2.24) is 15.3 Å². The number of halogens is 1. The van der Waals surface area contributed by atoms with E-state index in [4.69, 9.17) is 11.6 Å². The topological polar surface area (TPSA) is 37.8 Å². The third-order valence-electron chi connectivity index (χ3n) is 2.87. The number of nitrogens with zero attached hydrogens (tertiary/aromatic N) is 2. The quantitative estimate of drug-likeness (QED) is 0.881. The van der Waals surface area contributed by atoms with Gasteiger partial charge in [0.1, 0.15) is 0 Å². The minimum Gasteiger partial charge on any atom is -0.310 e. The highest BCUT2D eigenvalue weighted by Gasteiger charge is 2.16. The highest BCUT2D eigenvalue weighted by Crippen LogP contribution is 2.26. The largest absolute Gasteiger partial charge is 0.310 e. The molecule has 5 heteroatoms. The fourth-order valence-electron chi connectivity index (χ4n) is 1.95. The maximum atomic E-state index is 6.25. The number of hydrogen-bond acceptors (Lipinski definition) is 4. The van der Waals surface area contributed by atoms with Gasteiger partial charge < -0.3 is 5.32 Å². The molecule has 1 N–H and O–H groups in total. The first kappa shape index (κ1) is 14.4. The lowest BCUT2D eigenvalue weighted by atomic mass is 10.1. The van der Waals surface area contributed by atoms with Crippen LogP contribution in [0.2, 0.25) is 5.02 Å². The second-order valence-electron chi connectivity index (χ2n) is 4.49. The molecular formula is C14H18ClN3S. The predicted octanol–water partition coefficient (Wildman–Crippen LogP) is 3.78. The molecule has 2 rings (SSSR count). The Kier molecular flexibility index (Phi) is 5.31. The molecule has 1 unspecified atom stereocenters. The lowest BCUT2D eigenvalue weighted by molar-refractivity contribution is 0.528. The highest BCUT2D eigenvalue weighted by atomic mass is 35.5. The van der Waals surface area contributed by atoms with Crippen molar-refractivity contribution in [2.24, 2.45) is 0 Å². The molecule has 0 aliphatic carbocycles. The van der Waals surface area contributed by atoms with Gasteiger partial charge in [-0.25, -0.2) is 4.98 Å². The third-order valence-corrected chi connectivity index (χ3v) is 4.17.